The molecule has 0 heteroatoms. The molecule has 0 aliphatic heterocycles. The number of hydrogen-bond acceptors (Lipinski definition) is 0. The predicted molar refractivity (Wildman–Crippen MR) is 66.4 cm³/mol. The van der Waals surface area contributed by atoms with Gasteiger partial charge in [0.15, 0.2) is 0 Å². The summed E-state index contributed by atoms with van der Waals surface area (Å²) < 4.78 is 0. The van der Waals surface area contributed by atoms with Crippen molar-refractivity contribution in [2.45, 2.75) is 47.5 Å². The quantitative estimate of drug-likeness (QED) is 0.531. The van der Waals surface area contributed by atoms with Crippen LogP contribution in [-0.2, 0) is 0 Å². The summed E-state index contributed by atoms with van der Waals surface area (Å²) in [6.07, 6.45) is 2.47. The zero-order valence-electron chi connectivity index (χ0n) is 10.6. The van der Waals surface area contributed by atoms with Crippen LogP contribution < -0.4 is 0 Å². The third-order valence-corrected chi connectivity index (χ3v) is 2.95. The zero-order valence-corrected chi connectivity index (χ0v) is 10.6. The highest BCUT2D eigenvalue weighted by atomic mass is 14.3. The van der Waals surface area contributed by atoms with Gasteiger partial charge in [-0.2, -0.15) is 0 Å². The van der Waals surface area contributed by atoms with E-state index in [1.807, 2.05) is 0 Å². The molecule has 0 aromatic heterocycles. The van der Waals surface area contributed by atoms with Crippen LogP contribution in [0.1, 0.15) is 47.5 Å². The first-order chi connectivity index (χ1) is 6.41. The van der Waals surface area contributed by atoms with E-state index in [1.165, 1.54) is 24.0 Å². The fourth-order valence-corrected chi connectivity index (χ4v) is 2.42. The highest BCUT2D eigenvalue weighted by Gasteiger charge is 2.24. The monoisotopic (exact) mass is 194 g/mol. The van der Waals surface area contributed by atoms with Crippen LogP contribution in [0.3, 0.4) is 0 Å². The standard InChI is InChI=1S/C14H26/c1-8-9-13(10(2)3)14(11(4)5)12(6)7/h12-14H,2,4,8-9H2,1,3,5-7H3. The topological polar surface area (TPSA) is 0 Å². The van der Waals surface area contributed by atoms with Crippen molar-refractivity contribution in [2.24, 2.45) is 17.8 Å². The second-order valence-corrected chi connectivity index (χ2v) is 4.86. The molecular weight excluding hydrogens is 168 g/mol. The summed E-state index contributed by atoms with van der Waals surface area (Å²) in [5.41, 5.74) is 2.62. The van der Waals surface area contributed by atoms with Gasteiger partial charge in [0.1, 0.15) is 0 Å². The van der Waals surface area contributed by atoms with Crippen LogP contribution in [0.2, 0.25) is 0 Å². The fourth-order valence-electron chi connectivity index (χ4n) is 2.42. The molecule has 2 atom stereocenters. The molecule has 0 amide bonds. The molecule has 0 nitrogen and oxygen atoms in total. The SMILES string of the molecule is C=C(C)C(CCC)C(C(=C)C)C(C)C. The maximum atomic E-state index is 4.12. The van der Waals surface area contributed by atoms with Crippen molar-refractivity contribution >= 4 is 0 Å². The second kappa shape index (κ2) is 6.06. The first kappa shape index (κ1) is 13.5. The average molecular weight is 194 g/mol. The van der Waals surface area contributed by atoms with Crippen molar-refractivity contribution in [3.8, 4) is 0 Å². The molecule has 0 rings (SSSR count). The van der Waals surface area contributed by atoms with Crippen LogP contribution >= 0.6 is 0 Å². The lowest BCUT2D eigenvalue weighted by Gasteiger charge is -2.31. The van der Waals surface area contributed by atoms with Gasteiger partial charge in [0.05, 0.1) is 0 Å². The normalized spacial score (nSPS) is 15.3. The van der Waals surface area contributed by atoms with Gasteiger partial charge in [0.2, 0.25) is 0 Å². The highest BCUT2D eigenvalue weighted by Crippen LogP contribution is 2.34. The maximum Gasteiger partial charge on any atom is -0.0120 e. The molecule has 0 saturated heterocycles. The van der Waals surface area contributed by atoms with Gasteiger partial charge < -0.3 is 0 Å². The number of rotatable bonds is 6. The molecule has 0 bridgehead atoms. The van der Waals surface area contributed by atoms with Gasteiger partial charge in [-0.15, -0.1) is 0 Å². The van der Waals surface area contributed by atoms with E-state index in [0.717, 1.165) is 0 Å². The molecule has 0 aromatic carbocycles. The van der Waals surface area contributed by atoms with Crippen LogP contribution in [0.4, 0.5) is 0 Å². The van der Waals surface area contributed by atoms with E-state index in [4.69, 9.17) is 0 Å². The van der Waals surface area contributed by atoms with E-state index in [0.29, 0.717) is 17.8 Å². The van der Waals surface area contributed by atoms with Gasteiger partial charge in [-0.25, -0.2) is 0 Å². The third kappa shape index (κ3) is 3.69. The molecule has 0 spiro atoms. The highest BCUT2D eigenvalue weighted by molar-refractivity contribution is 5.09. The Balaban J connectivity index is 4.73. The van der Waals surface area contributed by atoms with Crippen LogP contribution in [0, 0.1) is 17.8 Å². The van der Waals surface area contributed by atoms with Gasteiger partial charge >= 0.3 is 0 Å². The molecule has 14 heavy (non-hydrogen) atoms. The Morgan fingerprint density at radius 1 is 1.07 bits per heavy atom. The van der Waals surface area contributed by atoms with Crippen LogP contribution in [0.5, 0.6) is 0 Å². The first-order valence-corrected chi connectivity index (χ1v) is 5.72. The van der Waals surface area contributed by atoms with Crippen LogP contribution in [0.25, 0.3) is 0 Å². The van der Waals surface area contributed by atoms with Gasteiger partial charge in [-0.1, -0.05) is 51.5 Å². The third-order valence-electron chi connectivity index (χ3n) is 2.95. The van der Waals surface area contributed by atoms with Crippen molar-refractivity contribution in [1.29, 1.82) is 0 Å². The summed E-state index contributed by atoms with van der Waals surface area (Å²) in [6, 6.07) is 0. The van der Waals surface area contributed by atoms with Gasteiger partial charge in [-0.05, 0) is 38.0 Å². The van der Waals surface area contributed by atoms with Gasteiger partial charge in [-0.3, -0.25) is 0 Å². The molecule has 82 valence electrons. The lowest BCUT2D eigenvalue weighted by Crippen LogP contribution is -2.22. The van der Waals surface area contributed by atoms with Gasteiger partial charge in [0.25, 0.3) is 0 Å². The summed E-state index contributed by atoms with van der Waals surface area (Å²) >= 11 is 0. The molecule has 0 radical (unpaired) electrons. The van der Waals surface area contributed by atoms with E-state index < -0.39 is 0 Å². The minimum atomic E-state index is 0.604. The van der Waals surface area contributed by atoms with E-state index >= 15 is 0 Å². The van der Waals surface area contributed by atoms with Gasteiger partial charge in [0, 0.05) is 0 Å². The van der Waals surface area contributed by atoms with E-state index in [-0.39, 0.29) is 0 Å². The lowest BCUT2D eigenvalue weighted by molar-refractivity contribution is 0.316. The lowest BCUT2D eigenvalue weighted by atomic mass is 9.74. The molecule has 0 saturated carbocycles. The second-order valence-electron chi connectivity index (χ2n) is 4.86. The Bertz CT molecular complexity index is 198. The summed E-state index contributed by atoms with van der Waals surface area (Å²) in [6.45, 7) is 19.3. The van der Waals surface area contributed by atoms with E-state index in [1.54, 1.807) is 0 Å². The molecule has 0 aromatic rings. The zero-order chi connectivity index (χ0) is 11.3. The summed E-state index contributed by atoms with van der Waals surface area (Å²) in [4.78, 5) is 0. The Morgan fingerprint density at radius 2 is 1.57 bits per heavy atom. The Morgan fingerprint density at radius 3 is 1.79 bits per heavy atom. The smallest absolute Gasteiger partial charge is 0.0120 e. The van der Waals surface area contributed by atoms with E-state index in [2.05, 4.69) is 47.8 Å². The summed E-state index contributed by atoms with van der Waals surface area (Å²) in [5, 5.41) is 0. The molecule has 0 fully saturated rings. The molecule has 2 unspecified atom stereocenters. The molecule has 0 aliphatic rings. The Hall–Kier alpha value is -0.520. The Labute approximate surface area is 90.1 Å². The van der Waals surface area contributed by atoms with Crippen molar-refractivity contribution in [3.63, 3.8) is 0 Å². The minimum absolute atomic E-state index is 0.604. The van der Waals surface area contributed by atoms with Crippen molar-refractivity contribution in [3.05, 3.63) is 24.3 Å². The number of hydrogen-bond donors (Lipinski definition) is 0. The summed E-state index contributed by atoms with van der Waals surface area (Å²) in [7, 11) is 0. The molecule has 0 N–H and O–H groups in total. The van der Waals surface area contributed by atoms with Crippen molar-refractivity contribution in [1.82, 2.24) is 0 Å². The van der Waals surface area contributed by atoms with E-state index in [9.17, 15) is 0 Å². The van der Waals surface area contributed by atoms with Crippen LogP contribution in [0.15, 0.2) is 24.3 Å². The fraction of sp³-hybridized carbons (Fsp3) is 0.714. The summed E-state index contributed by atoms with van der Waals surface area (Å²) in [5.74, 6) is 1.89. The number of allylic oxidation sites excluding steroid dienone is 2. The Kier molecular flexibility index (Phi) is 5.83. The first-order valence-electron chi connectivity index (χ1n) is 5.72. The average Bonchev–Trinajstić information content (AvgIpc) is 2.01. The minimum Gasteiger partial charge on any atom is -0.0998 e. The maximum absolute atomic E-state index is 4.12. The largest absolute Gasteiger partial charge is 0.0998 e. The molecule has 0 aliphatic carbocycles. The van der Waals surface area contributed by atoms with Crippen LogP contribution in [-0.4, -0.2) is 0 Å². The molecular formula is C14H26. The molecule has 0 heterocycles. The van der Waals surface area contributed by atoms with Crippen molar-refractivity contribution < 1.29 is 0 Å². The van der Waals surface area contributed by atoms with Crippen molar-refractivity contribution in [2.75, 3.05) is 0 Å². The predicted octanol–water partition coefficient (Wildman–Crippen LogP) is 4.83.